The van der Waals surface area contributed by atoms with Crippen LogP contribution < -0.4 is 10.1 Å². The molecular formula is C27H35N5O2. The van der Waals surface area contributed by atoms with E-state index in [1.165, 1.54) is 0 Å². The number of carbonyl (C=O) groups excluding carboxylic acids is 1. The van der Waals surface area contributed by atoms with Gasteiger partial charge in [0.2, 0.25) is 5.91 Å². The summed E-state index contributed by atoms with van der Waals surface area (Å²) in [6.45, 7) is 9.93. The van der Waals surface area contributed by atoms with E-state index in [9.17, 15) is 4.79 Å². The summed E-state index contributed by atoms with van der Waals surface area (Å²) in [5, 5.41) is 5.26. The standard InChI is InChI=1S/C27H35N5O2/c1-5-31(6-2)14-8-9-19(3)29-26(33)18-32-17-23(22-16-21(34-4)11-12-25(22)32)24-15-20-10-7-13-28-27(20)30-24/h7,10-13,15-17,19H,5-6,8-9,14,18H2,1-4H3,(H,28,30)(H,29,33). The van der Waals surface area contributed by atoms with Gasteiger partial charge < -0.3 is 24.5 Å². The number of ether oxygens (including phenoxy) is 1. The number of fused-ring (bicyclic) bond motifs is 2. The molecule has 3 aromatic heterocycles. The molecule has 0 fully saturated rings. The van der Waals surface area contributed by atoms with Crippen LogP contribution in [0.5, 0.6) is 5.75 Å². The summed E-state index contributed by atoms with van der Waals surface area (Å²) in [5.41, 5.74) is 3.83. The van der Waals surface area contributed by atoms with Gasteiger partial charge in [0.05, 0.1) is 7.11 Å². The molecular weight excluding hydrogens is 426 g/mol. The molecule has 0 aliphatic rings. The minimum absolute atomic E-state index is 0.0212. The summed E-state index contributed by atoms with van der Waals surface area (Å²) >= 11 is 0. The Morgan fingerprint density at radius 2 is 2.06 bits per heavy atom. The van der Waals surface area contributed by atoms with Gasteiger partial charge in [-0.05, 0) is 75.8 Å². The number of rotatable bonds is 11. The van der Waals surface area contributed by atoms with Gasteiger partial charge in [-0.3, -0.25) is 4.79 Å². The molecule has 7 nitrogen and oxygen atoms in total. The van der Waals surface area contributed by atoms with E-state index in [1.54, 1.807) is 13.3 Å². The molecule has 1 amide bonds. The van der Waals surface area contributed by atoms with E-state index in [0.29, 0.717) is 0 Å². The summed E-state index contributed by atoms with van der Waals surface area (Å²) < 4.78 is 7.49. The third-order valence-corrected chi connectivity index (χ3v) is 6.50. The van der Waals surface area contributed by atoms with Gasteiger partial charge in [-0.1, -0.05) is 13.8 Å². The van der Waals surface area contributed by atoms with Crippen LogP contribution in [0.2, 0.25) is 0 Å². The molecule has 1 atom stereocenters. The molecule has 180 valence electrons. The number of methoxy groups -OCH3 is 1. The maximum atomic E-state index is 12.9. The zero-order valence-electron chi connectivity index (χ0n) is 20.6. The Balaban J connectivity index is 1.53. The van der Waals surface area contributed by atoms with Crippen molar-refractivity contribution in [1.29, 1.82) is 0 Å². The lowest BCUT2D eigenvalue weighted by atomic mass is 10.1. The molecule has 1 aromatic carbocycles. The SMILES string of the molecule is CCN(CC)CCCC(C)NC(=O)Cn1cc(-c2cc3cccnc3[nH]2)c2cc(OC)ccc21. The number of H-pyrrole nitrogens is 1. The van der Waals surface area contributed by atoms with Gasteiger partial charge in [0, 0.05) is 46.0 Å². The molecule has 0 aliphatic heterocycles. The second-order valence-electron chi connectivity index (χ2n) is 8.82. The van der Waals surface area contributed by atoms with Crippen molar-refractivity contribution in [2.45, 2.75) is 46.2 Å². The molecule has 0 bridgehead atoms. The number of nitrogens with zero attached hydrogens (tertiary/aromatic N) is 3. The zero-order chi connectivity index (χ0) is 24.1. The Hall–Kier alpha value is -3.32. The first-order chi connectivity index (χ1) is 16.5. The molecule has 7 heteroatoms. The monoisotopic (exact) mass is 461 g/mol. The summed E-state index contributed by atoms with van der Waals surface area (Å²) in [7, 11) is 1.67. The zero-order valence-corrected chi connectivity index (χ0v) is 20.6. The number of amides is 1. The van der Waals surface area contributed by atoms with E-state index in [4.69, 9.17) is 4.74 Å². The van der Waals surface area contributed by atoms with Crippen LogP contribution in [-0.2, 0) is 11.3 Å². The van der Waals surface area contributed by atoms with Gasteiger partial charge in [0.1, 0.15) is 17.9 Å². The van der Waals surface area contributed by atoms with E-state index in [0.717, 1.165) is 71.4 Å². The third-order valence-electron chi connectivity index (χ3n) is 6.50. The summed E-state index contributed by atoms with van der Waals surface area (Å²) in [4.78, 5) is 23.1. The number of aromatic nitrogens is 3. The minimum Gasteiger partial charge on any atom is -0.497 e. The second kappa shape index (κ2) is 10.7. The van der Waals surface area contributed by atoms with E-state index in [1.807, 2.05) is 41.1 Å². The van der Waals surface area contributed by atoms with Crippen LogP contribution in [0, 0.1) is 0 Å². The van der Waals surface area contributed by atoms with Crippen LogP contribution in [0.1, 0.15) is 33.6 Å². The van der Waals surface area contributed by atoms with Crippen LogP contribution in [0.3, 0.4) is 0 Å². The van der Waals surface area contributed by atoms with E-state index in [2.05, 4.69) is 47.0 Å². The van der Waals surface area contributed by atoms with E-state index < -0.39 is 0 Å². The highest BCUT2D eigenvalue weighted by Crippen LogP contribution is 2.34. The van der Waals surface area contributed by atoms with Gasteiger partial charge in [-0.2, -0.15) is 0 Å². The van der Waals surface area contributed by atoms with Crippen molar-refractivity contribution in [1.82, 2.24) is 24.8 Å². The number of benzene rings is 1. The maximum absolute atomic E-state index is 12.9. The van der Waals surface area contributed by atoms with Crippen molar-refractivity contribution in [2.75, 3.05) is 26.7 Å². The first-order valence-electron chi connectivity index (χ1n) is 12.1. The third kappa shape index (κ3) is 5.25. The predicted molar refractivity (Wildman–Crippen MR) is 138 cm³/mol. The minimum atomic E-state index is 0.0212. The van der Waals surface area contributed by atoms with Crippen molar-refractivity contribution < 1.29 is 9.53 Å². The lowest BCUT2D eigenvalue weighted by molar-refractivity contribution is -0.122. The van der Waals surface area contributed by atoms with Crippen molar-refractivity contribution >= 4 is 27.8 Å². The first kappa shape index (κ1) is 23.8. The number of carbonyl (C=O) groups is 1. The van der Waals surface area contributed by atoms with Crippen molar-refractivity contribution in [3.63, 3.8) is 0 Å². The Bertz CT molecular complexity index is 1220. The quantitative estimate of drug-likeness (QED) is 0.336. The van der Waals surface area contributed by atoms with E-state index >= 15 is 0 Å². The Morgan fingerprint density at radius 1 is 1.24 bits per heavy atom. The number of nitrogens with one attached hydrogen (secondary N) is 2. The molecule has 0 radical (unpaired) electrons. The molecule has 1 unspecified atom stereocenters. The van der Waals surface area contributed by atoms with Crippen LogP contribution in [0.4, 0.5) is 0 Å². The fourth-order valence-electron chi connectivity index (χ4n) is 4.56. The molecule has 0 spiro atoms. The van der Waals surface area contributed by atoms with Gasteiger partial charge in [-0.15, -0.1) is 0 Å². The Morgan fingerprint density at radius 3 is 2.79 bits per heavy atom. The van der Waals surface area contributed by atoms with Gasteiger partial charge in [0.15, 0.2) is 0 Å². The van der Waals surface area contributed by atoms with Crippen molar-refractivity contribution in [3.8, 4) is 17.0 Å². The van der Waals surface area contributed by atoms with E-state index in [-0.39, 0.29) is 18.5 Å². The highest BCUT2D eigenvalue weighted by Gasteiger charge is 2.16. The Kier molecular flexibility index (Phi) is 7.53. The van der Waals surface area contributed by atoms with Crippen LogP contribution >= 0.6 is 0 Å². The van der Waals surface area contributed by atoms with Gasteiger partial charge in [-0.25, -0.2) is 4.98 Å². The highest BCUT2D eigenvalue weighted by atomic mass is 16.5. The highest BCUT2D eigenvalue weighted by molar-refractivity contribution is 5.99. The number of pyridine rings is 1. The van der Waals surface area contributed by atoms with Gasteiger partial charge >= 0.3 is 0 Å². The molecule has 4 aromatic rings. The molecule has 0 saturated carbocycles. The number of hydrogen-bond acceptors (Lipinski definition) is 4. The molecule has 4 rings (SSSR count). The molecule has 0 saturated heterocycles. The van der Waals surface area contributed by atoms with Crippen LogP contribution in [0.25, 0.3) is 33.2 Å². The smallest absolute Gasteiger partial charge is 0.240 e. The lowest BCUT2D eigenvalue weighted by Crippen LogP contribution is -2.35. The molecule has 34 heavy (non-hydrogen) atoms. The maximum Gasteiger partial charge on any atom is 0.240 e. The number of hydrogen-bond donors (Lipinski definition) is 2. The van der Waals surface area contributed by atoms with Crippen molar-refractivity contribution in [3.05, 3.63) is 48.8 Å². The summed E-state index contributed by atoms with van der Waals surface area (Å²) in [6, 6.07) is 12.2. The fourth-order valence-corrected chi connectivity index (χ4v) is 4.56. The molecule has 3 heterocycles. The number of aromatic amines is 1. The lowest BCUT2D eigenvalue weighted by Gasteiger charge is -2.20. The van der Waals surface area contributed by atoms with Crippen LogP contribution in [-0.4, -0.2) is 58.1 Å². The summed E-state index contributed by atoms with van der Waals surface area (Å²) in [5.74, 6) is 0.805. The molecule has 2 N–H and O–H groups in total. The largest absolute Gasteiger partial charge is 0.497 e. The fraction of sp³-hybridized carbons (Fsp3) is 0.407. The summed E-state index contributed by atoms with van der Waals surface area (Å²) in [6.07, 6.45) is 5.87. The van der Waals surface area contributed by atoms with Gasteiger partial charge in [0.25, 0.3) is 0 Å². The van der Waals surface area contributed by atoms with Crippen LogP contribution in [0.15, 0.2) is 48.8 Å². The Labute approximate surface area is 201 Å². The second-order valence-corrected chi connectivity index (χ2v) is 8.82. The first-order valence-corrected chi connectivity index (χ1v) is 12.1. The average molecular weight is 462 g/mol. The van der Waals surface area contributed by atoms with Crippen molar-refractivity contribution in [2.24, 2.45) is 0 Å². The molecule has 0 aliphatic carbocycles. The average Bonchev–Trinajstić information content (AvgIpc) is 3.42. The predicted octanol–water partition coefficient (Wildman–Crippen LogP) is 4.82. The topological polar surface area (TPSA) is 75.2 Å². The normalized spacial score (nSPS) is 12.5.